The van der Waals surface area contributed by atoms with Crippen LogP contribution in [0, 0.1) is 0 Å². The average molecular weight is 256 g/mol. The number of allylic oxidation sites excluding steroid dienone is 2. The molecule has 16 heavy (non-hydrogen) atoms. The summed E-state index contributed by atoms with van der Waals surface area (Å²) in [7, 11) is 0. The molecule has 0 bridgehead atoms. The Morgan fingerprint density at radius 3 is 1.88 bits per heavy atom. The number of carbonyl (C=O) groups is 1. The summed E-state index contributed by atoms with van der Waals surface area (Å²) in [5, 5.41) is 9.54. The minimum Gasteiger partial charge on any atom is -0.379 e. The van der Waals surface area contributed by atoms with Crippen molar-refractivity contribution in [2.24, 2.45) is 0 Å². The van der Waals surface area contributed by atoms with Crippen LogP contribution in [0.2, 0.25) is 0 Å². The summed E-state index contributed by atoms with van der Waals surface area (Å²) in [5.74, 6) is 0.0631. The van der Waals surface area contributed by atoms with E-state index in [1.54, 1.807) is 35.7 Å². The van der Waals surface area contributed by atoms with Crippen LogP contribution in [0.25, 0.3) is 0 Å². The predicted molar refractivity (Wildman–Crippen MR) is 71.3 cm³/mol. The molecule has 2 heterocycles. The van der Waals surface area contributed by atoms with E-state index >= 15 is 0 Å². The molecule has 0 spiro atoms. The van der Waals surface area contributed by atoms with Gasteiger partial charge in [0.25, 0.3) is 0 Å². The maximum atomic E-state index is 11.7. The Labute approximate surface area is 105 Å². The standard InChI is InChI=1S/C11H16N2OS2/c1-7-5-12-10(15-7)3-9(14)4-11-13-6-8(2)16-11/h3-4,7-8,12-13H,5-6H2,1-2H3. The molecular formula is C11H16N2OS2. The van der Waals surface area contributed by atoms with Gasteiger partial charge in [0.05, 0.1) is 10.1 Å². The summed E-state index contributed by atoms with van der Waals surface area (Å²) < 4.78 is 0. The number of nitrogens with one attached hydrogen (secondary N) is 2. The van der Waals surface area contributed by atoms with E-state index in [1.165, 1.54) is 0 Å². The predicted octanol–water partition coefficient (Wildman–Crippen LogP) is 1.69. The highest BCUT2D eigenvalue weighted by atomic mass is 32.2. The smallest absolute Gasteiger partial charge is 0.183 e. The number of rotatable bonds is 2. The van der Waals surface area contributed by atoms with E-state index in [0.29, 0.717) is 10.5 Å². The lowest BCUT2D eigenvalue weighted by molar-refractivity contribution is -0.110. The lowest BCUT2D eigenvalue weighted by atomic mass is 10.3. The molecule has 2 saturated heterocycles. The van der Waals surface area contributed by atoms with Crippen LogP contribution in [-0.2, 0) is 4.79 Å². The lowest BCUT2D eigenvalue weighted by Crippen LogP contribution is -2.10. The van der Waals surface area contributed by atoms with E-state index in [-0.39, 0.29) is 5.78 Å². The third-order valence-electron chi connectivity index (χ3n) is 2.33. The summed E-state index contributed by atoms with van der Waals surface area (Å²) >= 11 is 3.45. The molecule has 2 atom stereocenters. The van der Waals surface area contributed by atoms with Crippen LogP contribution in [0.5, 0.6) is 0 Å². The van der Waals surface area contributed by atoms with E-state index in [9.17, 15) is 4.79 Å². The van der Waals surface area contributed by atoms with E-state index < -0.39 is 0 Å². The second-order valence-corrected chi connectivity index (χ2v) is 7.00. The fourth-order valence-corrected chi connectivity index (χ4v) is 3.46. The molecule has 0 saturated carbocycles. The molecule has 0 amide bonds. The van der Waals surface area contributed by atoms with Gasteiger partial charge in [0.1, 0.15) is 0 Å². The molecule has 3 nitrogen and oxygen atoms in total. The SMILES string of the molecule is CC1CNC(=CC(=O)C=C2NCC(C)S2)S1. The fraction of sp³-hybridized carbons (Fsp3) is 0.545. The number of hydrogen-bond acceptors (Lipinski definition) is 5. The van der Waals surface area contributed by atoms with Gasteiger partial charge in [-0.25, -0.2) is 0 Å². The van der Waals surface area contributed by atoms with E-state index in [4.69, 9.17) is 0 Å². The minimum absolute atomic E-state index is 0.0631. The molecule has 2 fully saturated rings. The van der Waals surface area contributed by atoms with Crippen molar-refractivity contribution >= 4 is 29.3 Å². The van der Waals surface area contributed by atoms with Gasteiger partial charge in [0.15, 0.2) is 5.78 Å². The second kappa shape index (κ2) is 5.19. The molecule has 0 radical (unpaired) electrons. The van der Waals surface area contributed by atoms with Gasteiger partial charge in [-0.05, 0) is 0 Å². The van der Waals surface area contributed by atoms with Gasteiger partial charge >= 0.3 is 0 Å². The first-order valence-electron chi connectivity index (χ1n) is 5.42. The van der Waals surface area contributed by atoms with Gasteiger partial charge in [-0.15, -0.1) is 23.5 Å². The highest BCUT2D eigenvalue weighted by molar-refractivity contribution is 8.04. The third kappa shape index (κ3) is 3.22. The second-order valence-electron chi connectivity index (χ2n) is 4.04. The van der Waals surface area contributed by atoms with Crippen LogP contribution >= 0.6 is 23.5 Å². The van der Waals surface area contributed by atoms with E-state index in [1.807, 2.05) is 0 Å². The summed E-state index contributed by atoms with van der Waals surface area (Å²) in [6.07, 6.45) is 3.37. The van der Waals surface area contributed by atoms with Crippen LogP contribution in [0.3, 0.4) is 0 Å². The third-order valence-corrected chi connectivity index (χ3v) is 4.50. The summed E-state index contributed by atoms with van der Waals surface area (Å²) in [4.78, 5) is 11.7. The van der Waals surface area contributed by atoms with Crippen molar-refractivity contribution in [3.05, 3.63) is 22.2 Å². The summed E-state index contributed by atoms with van der Waals surface area (Å²) in [5.41, 5.74) is 0. The average Bonchev–Trinajstić information content (AvgIpc) is 2.76. The number of ketones is 1. The van der Waals surface area contributed by atoms with Crippen LogP contribution in [0.1, 0.15) is 13.8 Å². The quantitative estimate of drug-likeness (QED) is 0.736. The van der Waals surface area contributed by atoms with Crippen molar-refractivity contribution in [1.29, 1.82) is 0 Å². The molecule has 2 unspecified atom stereocenters. The number of hydrogen-bond donors (Lipinski definition) is 2. The van der Waals surface area contributed by atoms with Gasteiger partial charge in [-0.2, -0.15) is 0 Å². The van der Waals surface area contributed by atoms with Gasteiger partial charge in [-0.1, -0.05) is 13.8 Å². The molecule has 2 aliphatic rings. The Bertz CT molecular complexity index is 320. The molecule has 2 N–H and O–H groups in total. The molecule has 0 aliphatic carbocycles. The number of thioether (sulfide) groups is 2. The van der Waals surface area contributed by atoms with Gasteiger partial charge < -0.3 is 10.6 Å². The molecule has 0 aromatic heterocycles. The van der Waals surface area contributed by atoms with Crippen molar-refractivity contribution < 1.29 is 4.79 Å². The van der Waals surface area contributed by atoms with E-state index in [0.717, 1.165) is 23.1 Å². The van der Waals surface area contributed by atoms with Crippen molar-refractivity contribution in [3.8, 4) is 0 Å². The summed E-state index contributed by atoms with van der Waals surface area (Å²) in [6.45, 7) is 6.20. The Morgan fingerprint density at radius 2 is 1.56 bits per heavy atom. The maximum Gasteiger partial charge on any atom is 0.183 e. The molecule has 88 valence electrons. The first-order chi connectivity index (χ1) is 7.63. The van der Waals surface area contributed by atoms with Crippen molar-refractivity contribution in [2.75, 3.05) is 13.1 Å². The van der Waals surface area contributed by atoms with Crippen LogP contribution in [-0.4, -0.2) is 29.4 Å². The first-order valence-corrected chi connectivity index (χ1v) is 7.18. The largest absolute Gasteiger partial charge is 0.379 e. The molecule has 0 aromatic carbocycles. The Kier molecular flexibility index (Phi) is 3.86. The maximum absolute atomic E-state index is 11.7. The zero-order chi connectivity index (χ0) is 11.5. The van der Waals surface area contributed by atoms with Crippen LogP contribution < -0.4 is 10.6 Å². The zero-order valence-electron chi connectivity index (χ0n) is 9.45. The Balaban J connectivity index is 1.93. The Hall–Kier alpha value is -0.550. The minimum atomic E-state index is 0.0631. The van der Waals surface area contributed by atoms with Crippen molar-refractivity contribution in [3.63, 3.8) is 0 Å². The van der Waals surface area contributed by atoms with Crippen LogP contribution in [0.15, 0.2) is 22.2 Å². The van der Waals surface area contributed by atoms with E-state index in [2.05, 4.69) is 24.5 Å². The molecule has 5 heteroatoms. The van der Waals surface area contributed by atoms with Gasteiger partial charge in [0.2, 0.25) is 0 Å². The highest BCUT2D eigenvalue weighted by Crippen LogP contribution is 2.27. The van der Waals surface area contributed by atoms with Crippen LogP contribution in [0.4, 0.5) is 0 Å². The Morgan fingerprint density at radius 1 is 1.12 bits per heavy atom. The topological polar surface area (TPSA) is 41.1 Å². The molecule has 2 rings (SSSR count). The summed E-state index contributed by atoms with van der Waals surface area (Å²) in [6, 6.07) is 0. The highest BCUT2D eigenvalue weighted by Gasteiger charge is 2.17. The molecule has 0 aromatic rings. The first kappa shape index (κ1) is 11.9. The van der Waals surface area contributed by atoms with Crippen molar-refractivity contribution in [1.82, 2.24) is 10.6 Å². The number of carbonyl (C=O) groups excluding carboxylic acids is 1. The lowest BCUT2D eigenvalue weighted by Gasteiger charge is -1.97. The fourth-order valence-electron chi connectivity index (χ4n) is 1.56. The normalized spacial score (nSPS) is 34.1. The molecular weight excluding hydrogens is 240 g/mol. The molecule has 2 aliphatic heterocycles. The zero-order valence-corrected chi connectivity index (χ0v) is 11.1. The van der Waals surface area contributed by atoms with Gasteiger partial charge in [-0.3, -0.25) is 4.79 Å². The van der Waals surface area contributed by atoms with Crippen molar-refractivity contribution in [2.45, 2.75) is 24.3 Å². The monoisotopic (exact) mass is 256 g/mol. The van der Waals surface area contributed by atoms with Gasteiger partial charge in [0, 0.05) is 35.7 Å².